The Balaban J connectivity index is 1.94. The van der Waals surface area contributed by atoms with Crippen molar-refractivity contribution in [1.29, 1.82) is 0 Å². The molecule has 31 heavy (non-hydrogen) atoms. The molecule has 2 aromatic carbocycles. The lowest BCUT2D eigenvalue weighted by Gasteiger charge is -2.20. The van der Waals surface area contributed by atoms with Crippen LogP contribution in [0.1, 0.15) is 56.2 Å². The number of nitrogens with zero attached hydrogens (tertiary/aromatic N) is 2. The van der Waals surface area contributed by atoms with Gasteiger partial charge in [0.05, 0.1) is 6.26 Å². The van der Waals surface area contributed by atoms with Crippen LogP contribution in [-0.4, -0.2) is 51.3 Å². The lowest BCUT2D eigenvalue weighted by Crippen LogP contribution is -2.33. The fourth-order valence-electron chi connectivity index (χ4n) is 4.17. The first-order valence-corrected chi connectivity index (χ1v) is 12.9. The zero-order chi connectivity index (χ0) is 22.6. The van der Waals surface area contributed by atoms with Crippen LogP contribution in [0.25, 0.3) is 0 Å². The second-order valence-electron chi connectivity index (χ2n) is 8.97. The summed E-state index contributed by atoms with van der Waals surface area (Å²) in [4.78, 5) is 2.34. The Morgan fingerprint density at radius 1 is 0.968 bits per heavy atom. The Hall–Kier alpha value is -2.18. The van der Waals surface area contributed by atoms with Crippen molar-refractivity contribution in [3.8, 4) is 0 Å². The standard InChI is InChI=1S/C25H35N2O3S/c1-19(2)23-12-9-13-24(20(3)4)25(23)27-15-14-26(18-27)22(17-30-31(5,28)29)16-21-10-7-6-8-11-21/h6-13,18-20,22H,14-17H2,1-5H3/q+1/t22-/m0/s1. The highest BCUT2D eigenvalue weighted by atomic mass is 32.2. The maximum Gasteiger partial charge on any atom is 0.264 e. The van der Waals surface area contributed by atoms with Crippen molar-refractivity contribution in [3.63, 3.8) is 0 Å². The van der Waals surface area contributed by atoms with Gasteiger partial charge in [0.25, 0.3) is 10.1 Å². The molecule has 0 aliphatic carbocycles. The molecule has 168 valence electrons. The zero-order valence-electron chi connectivity index (χ0n) is 19.3. The molecule has 0 fully saturated rings. The molecule has 5 nitrogen and oxygen atoms in total. The minimum absolute atomic E-state index is 0.0594. The van der Waals surface area contributed by atoms with E-state index in [1.807, 2.05) is 18.2 Å². The first kappa shape index (κ1) is 23.5. The molecule has 0 saturated heterocycles. The Morgan fingerprint density at radius 2 is 1.58 bits per heavy atom. The Morgan fingerprint density at radius 3 is 2.13 bits per heavy atom. The molecule has 0 amide bonds. The maximum atomic E-state index is 11.7. The van der Waals surface area contributed by atoms with Crippen LogP contribution >= 0.6 is 0 Å². The molecule has 1 aliphatic heterocycles. The van der Waals surface area contributed by atoms with E-state index in [0.29, 0.717) is 11.8 Å². The van der Waals surface area contributed by atoms with Crippen LogP contribution in [0.2, 0.25) is 0 Å². The Bertz CT molecular complexity index is 988. The highest BCUT2D eigenvalue weighted by molar-refractivity contribution is 7.85. The van der Waals surface area contributed by atoms with Crippen LogP contribution in [-0.2, 0) is 20.7 Å². The average Bonchev–Trinajstić information content (AvgIpc) is 3.20. The van der Waals surface area contributed by atoms with E-state index in [1.54, 1.807) is 0 Å². The average molecular weight is 444 g/mol. The van der Waals surface area contributed by atoms with Gasteiger partial charge < -0.3 is 0 Å². The van der Waals surface area contributed by atoms with Gasteiger partial charge in [-0.1, -0.05) is 76.2 Å². The summed E-state index contributed by atoms with van der Waals surface area (Å²) in [5.41, 5.74) is 5.15. The van der Waals surface area contributed by atoms with Gasteiger partial charge in [-0.05, 0) is 17.4 Å². The van der Waals surface area contributed by atoms with Crippen LogP contribution in [0.4, 0.5) is 5.69 Å². The number of anilines is 1. The third-order valence-corrected chi connectivity index (χ3v) is 6.34. The number of hydrogen-bond acceptors (Lipinski definition) is 4. The van der Waals surface area contributed by atoms with Gasteiger partial charge in [-0.25, -0.2) is 4.90 Å². The van der Waals surface area contributed by atoms with E-state index in [-0.39, 0.29) is 12.6 Å². The fourth-order valence-corrected chi connectivity index (χ4v) is 4.57. The zero-order valence-corrected chi connectivity index (χ0v) is 20.1. The fraction of sp³-hybridized carbons (Fsp3) is 0.480. The third kappa shape index (κ3) is 6.17. The van der Waals surface area contributed by atoms with Gasteiger partial charge in [-0.3, -0.25) is 8.76 Å². The van der Waals surface area contributed by atoms with Crippen molar-refractivity contribution in [1.82, 2.24) is 0 Å². The van der Waals surface area contributed by atoms with Crippen LogP contribution in [0, 0.1) is 0 Å². The van der Waals surface area contributed by atoms with Gasteiger partial charge in [0.1, 0.15) is 31.4 Å². The van der Waals surface area contributed by atoms with Gasteiger partial charge in [0.15, 0.2) is 0 Å². The second kappa shape index (κ2) is 9.96. The van der Waals surface area contributed by atoms with Crippen LogP contribution in [0.5, 0.6) is 0 Å². The molecule has 2 aromatic rings. The molecule has 0 unspecified atom stereocenters. The van der Waals surface area contributed by atoms with Crippen molar-refractivity contribution in [2.45, 2.75) is 52.0 Å². The third-order valence-electron chi connectivity index (χ3n) is 5.77. The molecule has 1 aliphatic rings. The first-order chi connectivity index (χ1) is 14.7. The SMILES string of the molecule is CC(C)c1cccc(C(C)C)c1N1C=[N+]([C@H](COS(C)(=O)=O)Cc2ccccc2)CC1. The summed E-state index contributed by atoms with van der Waals surface area (Å²) in [5.74, 6) is 0.842. The van der Waals surface area contributed by atoms with Gasteiger partial charge in [-0.2, -0.15) is 8.42 Å². The van der Waals surface area contributed by atoms with E-state index in [9.17, 15) is 8.42 Å². The molecule has 0 bridgehead atoms. The first-order valence-electron chi connectivity index (χ1n) is 11.0. The van der Waals surface area contributed by atoms with Crippen LogP contribution in [0.15, 0.2) is 48.5 Å². The summed E-state index contributed by atoms with van der Waals surface area (Å²) in [6.45, 7) is 10.8. The smallest absolute Gasteiger partial charge is 0.264 e. The second-order valence-corrected chi connectivity index (χ2v) is 10.6. The molecule has 0 aromatic heterocycles. The van der Waals surface area contributed by atoms with Crippen molar-refractivity contribution in [3.05, 3.63) is 65.2 Å². The van der Waals surface area contributed by atoms with Gasteiger partial charge in [0.2, 0.25) is 6.34 Å². The Kier molecular flexibility index (Phi) is 7.55. The molecule has 1 heterocycles. The van der Waals surface area contributed by atoms with Crippen LogP contribution in [0.3, 0.4) is 0 Å². The minimum atomic E-state index is -3.50. The number of benzene rings is 2. The van der Waals surface area contributed by atoms with E-state index in [4.69, 9.17) is 4.18 Å². The van der Waals surface area contributed by atoms with Crippen molar-refractivity contribution >= 4 is 22.1 Å². The normalized spacial score (nSPS) is 15.6. The molecule has 0 radical (unpaired) electrons. The van der Waals surface area contributed by atoms with E-state index >= 15 is 0 Å². The number of para-hydroxylation sites is 1. The summed E-state index contributed by atoms with van der Waals surface area (Å²) >= 11 is 0. The predicted molar refractivity (Wildman–Crippen MR) is 128 cm³/mol. The van der Waals surface area contributed by atoms with E-state index in [0.717, 1.165) is 25.8 Å². The molecule has 1 atom stereocenters. The quantitative estimate of drug-likeness (QED) is 0.426. The van der Waals surface area contributed by atoms with Gasteiger partial charge in [0, 0.05) is 17.5 Å². The van der Waals surface area contributed by atoms with Crippen molar-refractivity contribution < 1.29 is 17.2 Å². The summed E-state index contributed by atoms with van der Waals surface area (Å²) in [6.07, 6.45) is 4.00. The maximum absolute atomic E-state index is 11.7. The number of rotatable bonds is 9. The van der Waals surface area contributed by atoms with Gasteiger partial charge >= 0.3 is 0 Å². The molecule has 3 rings (SSSR count). The van der Waals surface area contributed by atoms with E-state index < -0.39 is 10.1 Å². The largest absolute Gasteiger partial charge is 0.266 e. The van der Waals surface area contributed by atoms with Crippen LogP contribution < -0.4 is 4.90 Å². The van der Waals surface area contributed by atoms with Crippen molar-refractivity contribution in [2.24, 2.45) is 0 Å². The Labute approximate surface area is 187 Å². The minimum Gasteiger partial charge on any atom is -0.266 e. The monoisotopic (exact) mass is 443 g/mol. The molecular formula is C25H35N2O3S+. The highest BCUT2D eigenvalue weighted by Gasteiger charge is 2.32. The molecular weight excluding hydrogens is 408 g/mol. The van der Waals surface area contributed by atoms with E-state index in [2.05, 4.69) is 73.8 Å². The lowest BCUT2D eigenvalue weighted by atomic mass is 9.92. The lowest BCUT2D eigenvalue weighted by molar-refractivity contribution is -0.554. The summed E-state index contributed by atoms with van der Waals surface area (Å²) in [5, 5.41) is 0. The summed E-state index contributed by atoms with van der Waals surface area (Å²) in [7, 11) is -3.50. The highest BCUT2D eigenvalue weighted by Crippen LogP contribution is 2.35. The molecule has 0 saturated carbocycles. The molecule has 0 N–H and O–H groups in total. The predicted octanol–water partition coefficient (Wildman–Crippen LogP) is 4.38. The van der Waals surface area contributed by atoms with E-state index in [1.165, 1.54) is 22.4 Å². The van der Waals surface area contributed by atoms with Crippen molar-refractivity contribution in [2.75, 3.05) is 30.9 Å². The van der Waals surface area contributed by atoms with Gasteiger partial charge in [-0.15, -0.1) is 0 Å². The topological polar surface area (TPSA) is 49.6 Å². The molecule has 0 spiro atoms. The summed E-state index contributed by atoms with van der Waals surface area (Å²) in [6, 6.07) is 16.7. The number of hydrogen-bond donors (Lipinski definition) is 0. The summed E-state index contributed by atoms with van der Waals surface area (Å²) < 4.78 is 30.8. The molecule has 6 heteroatoms.